The van der Waals surface area contributed by atoms with Crippen LogP contribution in [0.1, 0.15) is 61.6 Å². The van der Waals surface area contributed by atoms with E-state index < -0.39 is 0 Å². The fourth-order valence-electron chi connectivity index (χ4n) is 4.57. The average Bonchev–Trinajstić information content (AvgIpc) is 2.62. The van der Waals surface area contributed by atoms with Gasteiger partial charge >= 0.3 is 0 Å². The molecule has 2 aliphatic rings. The zero-order valence-corrected chi connectivity index (χ0v) is 16.4. The van der Waals surface area contributed by atoms with E-state index in [1.807, 2.05) is 6.08 Å². The minimum absolute atomic E-state index is 0.361. The largest absolute Gasteiger partial charge is 0.362 e. The van der Waals surface area contributed by atoms with Crippen LogP contribution in [0.15, 0.2) is 49.3 Å². The first-order valence-corrected chi connectivity index (χ1v) is 10.1. The van der Waals surface area contributed by atoms with Crippen molar-refractivity contribution in [2.75, 3.05) is 7.05 Å². The second-order valence-electron chi connectivity index (χ2n) is 8.17. The standard InChI is InChI=1S/C24H34N2/c1-5-22-13-12-21(15-20-9-7-6-8-10-20)16-23(22)17-26(4)24-14-11-18(2)25-19(24)3/h5,12-13,16,20,24-25H,1-3,6-11,14-15,17H2,4H3. The molecule has 1 aliphatic carbocycles. The maximum absolute atomic E-state index is 4.21. The van der Waals surface area contributed by atoms with Gasteiger partial charge in [0.05, 0.1) is 0 Å². The summed E-state index contributed by atoms with van der Waals surface area (Å²) < 4.78 is 0. The van der Waals surface area contributed by atoms with E-state index >= 15 is 0 Å². The van der Waals surface area contributed by atoms with Gasteiger partial charge in [-0.15, -0.1) is 0 Å². The third-order valence-electron chi connectivity index (χ3n) is 6.09. The summed E-state index contributed by atoms with van der Waals surface area (Å²) in [6.45, 7) is 13.2. The van der Waals surface area contributed by atoms with Crippen LogP contribution in [0.2, 0.25) is 0 Å². The van der Waals surface area contributed by atoms with Gasteiger partial charge in [-0.2, -0.15) is 0 Å². The van der Waals surface area contributed by atoms with Crippen molar-refractivity contribution < 1.29 is 0 Å². The van der Waals surface area contributed by atoms with Crippen molar-refractivity contribution in [1.29, 1.82) is 0 Å². The first-order chi connectivity index (χ1) is 12.6. The molecule has 1 heterocycles. The zero-order valence-electron chi connectivity index (χ0n) is 16.4. The minimum atomic E-state index is 0.361. The summed E-state index contributed by atoms with van der Waals surface area (Å²) in [6, 6.07) is 7.34. The van der Waals surface area contributed by atoms with Crippen molar-refractivity contribution in [2.45, 2.75) is 64.0 Å². The molecule has 2 fully saturated rings. The maximum Gasteiger partial charge on any atom is 0.0496 e. The lowest BCUT2D eigenvalue weighted by atomic mass is 9.84. The highest BCUT2D eigenvalue weighted by Gasteiger charge is 2.23. The molecular formula is C24H34N2. The molecule has 1 N–H and O–H groups in total. The van der Waals surface area contributed by atoms with Crippen LogP contribution in [0.5, 0.6) is 0 Å². The van der Waals surface area contributed by atoms with Gasteiger partial charge in [0.15, 0.2) is 0 Å². The van der Waals surface area contributed by atoms with Crippen molar-refractivity contribution >= 4 is 6.08 Å². The van der Waals surface area contributed by atoms with E-state index in [1.54, 1.807) is 0 Å². The monoisotopic (exact) mass is 350 g/mol. The predicted octanol–water partition coefficient (Wildman–Crippen LogP) is 5.66. The third kappa shape index (κ3) is 4.67. The van der Waals surface area contributed by atoms with E-state index in [2.05, 4.69) is 55.2 Å². The molecule has 1 aliphatic heterocycles. The van der Waals surface area contributed by atoms with Crippen LogP contribution >= 0.6 is 0 Å². The Kier molecular flexibility index (Phi) is 6.37. The SMILES string of the molecule is C=Cc1ccc(CC2CCCCC2)cc1CN(C)C1CCC(=C)NC1=C. The molecule has 140 valence electrons. The highest BCUT2D eigenvalue weighted by molar-refractivity contribution is 5.53. The van der Waals surface area contributed by atoms with Gasteiger partial charge in [-0.25, -0.2) is 0 Å². The van der Waals surface area contributed by atoms with Crippen molar-refractivity contribution in [1.82, 2.24) is 10.2 Å². The highest BCUT2D eigenvalue weighted by Crippen LogP contribution is 2.28. The fraction of sp³-hybridized carbons (Fsp3) is 0.500. The lowest BCUT2D eigenvalue weighted by Gasteiger charge is -2.35. The Morgan fingerprint density at radius 1 is 1.15 bits per heavy atom. The summed E-state index contributed by atoms with van der Waals surface area (Å²) in [5, 5.41) is 3.34. The molecule has 1 saturated heterocycles. The van der Waals surface area contributed by atoms with Crippen molar-refractivity contribution in [3.05, 3.63) is 66.0 Å². The summed E-state index contributed by atoms with van der Waals surface area (Å²) in [5.41, 5.74) is 6.28. The predicted molar refractivity (Wildman–Crippen MR) is 113 cm³/mol. The van der Waals surface area contributed by atoms with Crippen LogP contribution in [0.3, 0.4) is 0 Å². The molecule has 0 radical (unpaired) electrons. The topological polar surface area (TPSA) is 15.3 Å². The van der Waals surface area contributed by atoms with Crippen molar-refractivity contribution in [3.63, 3.8) is 0 Å². The first-order valence-electron chi connectivity index (χ1n) is 10.1. The van der Waals surface area contributed by atoms with Gasteiger partial charge in [-0.3, -0.25) is 4.90 Å². The molecule has 1 saturated carbocycles. The van der Waals surface area contributed by atoms with Gasteiger partial charge in [-0.1, -0.05) is 76.1 Å². The summed E-state index contributed by atoms with van der Waals surface area (Å²) in [4.78, 5) is 2.41. The number of rotatable bonds is 6. The molecule has 1 atom stereocenters. The van der Waals surface area contributed by atoms with E-state index in [0.29, 0.717) is 6.04 Å². The van der Waals surface area contributed by atoms with E-state index in [0.717, 1.165) is 36.7 Å². The Labute approximate surface area is 159 Å². The van der Waals surface area contributed by atoms with Crippen LogP contribution in [-0.4, -0.2) is 18.0 Å². The minimum Gasteiger partial charge on any atom is -0.362 e. The molecule has 2 heteroatoms. The maximum atomic E-state index is 4.21. The Morgan fingerprint density at radius 2 is 1.92 bits per heavy atom. The Bertz CT molecular complexity index is 667. The van der Waals surface area contributed by atoms with Gasteiger partial charge < -0.3 is 5.32 Å². The fourth-order valence-corrected chi connectivity index (χ4v) is 4.57. The number of piperidine rings is 1. The molecule has 0 amide bonds. The van der Waals surface area contributed by atoms with E-state index in [9.17, 15) is 0 Å². The van der Waals surface area contributed by atoms with E-state index in [1.165, 1.54) is 55.2 Å². The summed E-state index contributed by atoms with van der Waals surface area (Å²) in [5.74, 6) is 0.872. The van der Waals surface area contributed by atoms with E-state index in [-0.39, 0.29) is 0 Å². The van der Waals surface area contributed by atoms with E-state index in [4.69, 9.17) is 0 Å². The molecule has 1 aromatic rings. The molecule has 1 unspecified atom stereocenters. The quantitative estimate of drug-likeness (QED) is 0.712. The number of benzene rings is 1. The van der Waals surface area contributed by atoms with Gasteiger partial charge in [0.1, 0.15) is 0 Å². The smallest absolute Gasteiger partial charge is 0.0496 e. The molecule has 0 bridgehead atoms. The number of hydrogen-bond acceptors (Lipinski definition) is 2. The molecular weight excluding hydrogens is 316 g/mol. The van der Waals surface area contributed by atoms with Crippen LogP contribution in [0.25, 0.3) is 6.08 Å². The summed E-state index contributed by atoms with van der Waals surface area (Å²) in [7, 11) is 2.20. The summed E-state index contributed by atoms with van der Waals surface area (Å²) in [6.07, 6.45) is 12.4. The number of nitrogens with zero attached hydrogens (tertiary/aromatic N) is 1. The Hall–Kier alpha value is -1.80. The van der Waals surface area contributed by atoms with Gasteiger partial charge in [0.25, 0.3) is 0 Å². The number of nitrogens with one attached hydrogen (secondary N) is 1. The number of hydrogen-bond donors (Lipinski definition) is 1. The second-order valence-corrected chi connectivity index (χ2v) is 8.17. The van der Waals surface area contributed by atoms with Gasteiger partial charge in [-0.05, 0) is 48.9 Å². The lowest BCUT2D eigenvalue weighted by Crippen LogP contribution is -2.40. The highest BCUT2D eigenvalue weighted by atomic mass is 15.2. The molecule has 3 rings (SSSR count). The normalized spacial score (nSPS) is 21.7. The molecule has 1 aromatic carbocycles. The van der Waals surface area contributed by atoms with Gasteiger partial charge in [0, 0.05) is 24.0 Å². The third-order valence-corrected chi connectivity index (χ3v) is 6.09. The average molecular weight is 351 g/mol. The zero-order chi connectivity index (χ0) is 18.5. The van der Waals surface area contributed by atoms with Crippen LogP contribution in [-0.2, 0) is 13.0 Å². The number of allylic oxidation sites excluding steroid dienone is 1. The van der Waals surface area contributed by atoms with Crippen LogP contribution in [0, 0.1) is 5.92 Å². The lowest BCUT2D eigenvalue weighted by molar-refractivity contribution is 0.235. The van der Waals surface area contributed by atoms with Gasteiger partial charge in [0.2, 0.25) is 0 Å². The molecule has 0 spiro atoms. The van der Waals surface area contributed by atoms with Crippen molar-refractivity contribution in [3.8, 4) is 0 Å². The molecule has 2 nitrogen and oxygen atoms in total. The summed E-state index contributed by atoms with van der Waals surface area (Å²) >= 11 is 0. The van der Waals surface area contributed by atoms with Crippen LogP contribution in [0.4, 0.5) is 0 Å². The molecule has 26 heavy (non-hydrogen) atoms. The van der Waals surface area contributed by atoms with Crippen LogP contribution < -0.4 is 5.32 Å². The van der Waals surface area contributed by atoms with Crippen molar-refractivity contribution in [2.24, 2.45) is 5.92 Å². The first kappa shape index (κ1) is 19.0. The Morgan fingerprint density at radius 3 is 2.62 bits per heavy atom. The number of likely N-dealkylation sites (N-methyl/N-ethyl adjacent to an activating group) is 1. The Balaban J connectivity index is 1.70. The molecule has 0 aromatic heterocycles. The second kappa shape index (κ2) is 8.73.